The zero-order valence-corrected chi connectivity index (χ0v) is 10.6. The molecule has 0 rings (SSSR count). The second-order valence-corrected chi connectivity index (χ2v) is 7.27. The molecule has 0 amide bonds. The fourth-order valence-corrected chi connectivity index (χ4v) is 2.60. The molecular formula is C9H20Al2. The first-order valence-electron chi connectivity index (χ1n) is 4.57. The van der Waals surface area contributed by atoms with E-state index >= 15 is 0 Å². The van der Waals surface area contributed by atoms with Gasteiger partial charge in [-0.3, -0.25) is 0 Å². The van der Waals surface area contributed by atoms with E-state index < -0.39 is 0 Å². The summed E-state index contributed by atoms with van der Waals surface area (Å²) in [5, 5.41) is 5.48. The molecule has 2 heteroatoms. The smallest absolute Gasteiger partial charge is 0.107 e. The maximum Gasteiger partial charge on any atom is 0.261 e. The van der Waals surface area contributed by atoms with Crippen LogP contribution in [-0.4, -0.2) is 30.4 Å². The minimum Gasteiger partial charge on any atom is -0.107 e. The van der Waals surface area contributed by atoms with E-state index in [0.29, 0.717) is 0 Å². The van der Waals surface area contributed by atoms with Crippen LogP contribution in [0.1, 0.15) is 20.8 Å². The van der Waals surface area contributed by atoms with Crippen LogP contribution in [0, 0.1) is 0 Å². The van der Waals surface area contributed by atoms with Crippen molar-refractivity contribution in [3.05, 3.63) is 12.7 Å². The second kappa shape index (κ2) is 13.4. The predicted octanol–water partition coefficient (Wildman–Crippen LogP) is 3.30. The average Bonchev–Trinajstić information content (AvgIpc) is 2.08. The molecule has 0 aliphatic carbocycles. The summed E-state index contributed by atoms with van der Waals surface area (Å²) in [5.41, 5.74) is 0. The summed E-state index contributed by atoms with van der Waals surface area (Å²) in [7, 11) is 0. The highest BCUT2D eigenvalue weighted by atomic mass is 27.2. The maximum absolute atomic E-state index is 3.46. The Bertz CT molecular complexity index is 62.5. The minimum atomic E-state index is -0.171. The van der Waals surface area contributed by atoms with Crippen molar-refractivity contribution in [3.63, 3.8) is 0 Å². The lowest BCUT2D eigenvalue weighted by molar-refractivity contribution is 1.24. The maximum atomic E-state index is 3.46. The highest BCUT2D eigenvalue weighted by Crippen LogP contribution is 2.01. The molecule has 0 atom stereocenters. The first kappa shape index (κ1) is 14.3. The highest BCUT2D eigenvalue weighted by molar-refractivity contribution is 6.58. The summed E-state index contributed by atoms with van der Waals surface area (Å²) in [6, 6.07) is 0. The molecule has 0 spiro atoms. The summed E-state index contributed by atoms with van der Waals surface area (Å²) in [6.45, 7) is 10.4. The van der Waals surface area contributed by atoms with Gasteiger partial charge in [0.15, 0.2) is 0 Å². The molecule has 0 nitrogen and oxygen atoms in total. The number of hydrogen-bond donors (Lipinski definition) is 0. The number of allylic oxidation sites excluding steroid dienone is 1. The lowest BCUT2D eigenvalue weighted by Gasteiger charge is -1.97. The Balaban J connectivity index is 0. The summed E-state index contributed by atoms with van der Waals surface area (Å²) >= 11 is 2.37. The lowest BCUT2D eigenvalue weighted by atomic mass is 10.8. The zero-order valence-electron chi connectivity index (χ0n) is 8.27. The van der Waals surface area contributed by atoms with E-state index in [-0.39, 0.29) is 14.1 Å². The summed E-state index contributed by atoms with van der Waals surface area (Å²) in [4.78, 5) is 0. The predicted molar refractivity (Wildman–Crippen MR) is 58.0 cm³/mol. The SMILES string of the molecule is C=C[CH2][Al].C[CH2][Al]([CH2]C)[CH2]C. The van der Waals surface area contributed by atoms with Crippen LogP contribution in [0.25, 0.3) is 0 Å². The van der Waals surface area contributed by atoms with E-state index in [9.17, 15) is 0 Å². The van der Waals surface area contributed by atoms with Crippen molar-refractivity contribution in [1.29, 1.82) is 0 Å². The molecule has 2 radical (unpaired) electrons. The van der Waals surface area contributed by atoms with Gasteiger partial charge in [0.1, 0.15) is 16.3 Å². The van der Waals surface area contributed by atoms with Gasteiger partial charge < -0.3 is 0 Å². The number of rotatable bonds is 4. The van der Waals surface area contributed by atoms with Gasteiger partial charge in [-0.1, -0.05) is 36.6 Å². The Morgan fingerprint density at radius 3 is 1.45 bits per heavy atom. The van der Waals surface area contributed by atoms with Crippen molar-refractivity contribution >= 4 is 30.4 Å². The fraction of sp³-hybridized carbons (Fsp3) is 0.778. The first-order valence-corrected chi connectivity index (χ1v) is 7.84. The van der Waals surface area contributed by atoms with Crippen molar-refractivity contribution < 1.29 is 0 Å². The molecule has 0 aromatic heterocycles. The highest BCUT2D eigenvalue weighted by Gasteiger charge is 2.05. The van der Waals surface area contributed by atoms with Gasteiger partial charge in [-0.05, 0) is 0 Å². The Kier molecular flexibility index (Phi) is 17.5. The largest absolute Gasteiger partial charge is 0.261 e. The lowest BCUT2D eigenvalue weighted by Crippen LogP contribution is -2.04. The molecule has 62 valence electrons. The van der Waals surface area contributed by atoms with Crippen LogP contribution in [0.4, 0.5) is 0 Å². The summed E-state index contributed by atoms with van der Waals surface area (Å²) in [5.74, 6) is 0. The molecule has 0 aromatic carbocycles. The Morgan fingerprint density at radius 1 is 1.18 bits per heavy atom. The molecular weight excluding hydrogens is 162 g/mol. The molecule has 0 aliphatic rings. The molecule has 0 bridgehead atoms. The van der Waals surface area contributed by atoms with Crippen LogP contribution in [-0.2, 0) is 0 Å². The van der Waals surface area contributed by atoms with Crippen LogP contribution in [0.3, 0.4) is 0 Å². The van der Waals surface area contributed by atoms with Gasteiger partial charge in [-0.2, -0.15) is 0 Å². The van der Waals surface area contributed by atoms with E-state index in [0.717, 1.165) is 5.28 Å². The van der Waals surface area contributed by atoms with Crippen LogP contribution >= 0.6 is 0 Å². The Labute approximate surface area is 84.9 Å². The first-order chi connectivity index (χ1) is 5.26. The normalized spacial score (nSPS) is 7.91. The third kappa shape index (κ3) is 13.8. The van der Waals surface area contributed by atoms with Crippen LogP contribution < -0.4 is 0 Å². The van der Waals surface area contributed by atoms with Gasteiger partial charge >= 0.3 is 0 Å². The van der Waals surface area contributed by atoms with Gasteiger partial charge in [0.2, 0.25) is 0 Å². The topological polar surface area (TPSA) is 0 Å². The average molecular weight is 182 g/mol. The van der Waals surface area contributed by atoms with Crippen LogP contribution in [0.5, 0.6) is 0 Å². The van der Waals surface area contributed by atoms with E-state index in [2.05, 4.69) is 43.6 Å². The van der Waals surface area contributed by atoms with Crippen molar-refractivity contribution in [2.45, 2.75) is 41.9 Å². The van der Waals surface area contributed by atoms with Gasteiger partial charge in [0.25, 0.3) is 14.1 Å². The zero-order chi connectivity index (χ0) is 9.11. The van der Waals surface area contributed by atoms with Gasteiger partial charge in [0, 0.05) is 0 Å². The Hall–Kier alpha value is 0.805. The molecule has 0 N–H and O–H groups in total. The van der Waals surface area contributed by atoms with Gasteiger partial charge in [0.05, 0.1) is 0 Å². The van der Waals surface area contributed by atoms with Crippen molar-refractivity contribution in [1.82, 2.24) is 0 Å². The molecule has 0 heterocycles. The third-order valence-electron chi connectivity index (χ3n) is 1.90. The van der Waals surface area contributed by atoms with Crippen LogP contribution in [0.15, 0.2) is 12.7 Å². The second-order valence-electron chi connectivity index (χ2n) is 2.62. The molecule has 0 saturated carbocycles. The van der Waals surface area contributed by atoms with E-state index in [1.54, 1.807) is 0 Å². The van der Waals surface area contributed by atoms with Crippen LogP contribution in [0.2, 0.25) is 21.1 Å². The molecule has 11 heavy (non-hydrogen) atoms. The van der Waals surface area contributed by atoms with E-state index in [1.165, 1.54) is 15.8 Å². The van der Waals surface area contributed by atoms with E-state index in [4.69, 9.17) is 0 Å². The van der Waals surface area contributed by atoms with Crippen molar-refractivity contribution in [3.8, 4) is 0 Å². The fourth-order valence-electron chi connectivity index (χ4n) is 0.866. The molecule has 0 aliphatic heterocycles. The minimum absolute atomic E-state index is 0.171. The monoisotopic (exact) mass is 182 g/mol. The standard InChI is InChI=1S/C3H5.3C2H5.2Al/c1-3-2;3*1-2;;/h3H,1-2H2;3*1H2,2H3;;. The van der Waals surface area contributed by atoms with Crippen molar-refractivity contribution in [2.75, 3.05) is 0 Å². The third-order valence-corrected chi connectivity index (χ3v) is 5.70. The molecule has 0 aromatic rings. The van der Waals surface area contributed by atoms with Gasteiger partial charge in [-0.25, -0.2) is 0 Å². The van der Waals surface area contributed by atoms with Crippen molar-refractivity contribution in [2.24, 2.45) is 0 Å². The summed E-state index contributed by atoms with van der Waals surface area (Å²) < 4.78 is 0. The van der Waals surface area contributed by atoms with Gasteiger partial charge in [-0.15, -0.1) is 17.9 Å². The quantitative estimate of drug-likeness (QED) is 0.462. The molecule has 0 unspecified atom stereocenters. The molecule has 0 saturated heterocycles. The number of hydrogen-bond acceptors (Lipinski definition) is 0. The Morgan fingerprint density at radius 2 is 1.45 bits per heavy atom. The van der Waals surface area contributed by atoms with E-state index in [1.807, 2.05) is 6.08 Å². The summed E-state index contributed by atoms with van der Waals surface area (Å²) in [6.07, 6.45) is 1.84. The molecule has 0 fully saturated rings.